The topological polar surface area (TPSA) is 102 Å². The van der Waals surface area contributed by atoms with Crippen molar-refractivity contribution in [3.63, 3.8) is 0 Å². The molecule has 23 heavy (non-hydrogen) atoms. The average Bonchev–Trinajstić information content (AvgIpc) is 3.13. The highest BCUT2D eigenvalue weighted by Crippen LogP contribution is 2.32. The van der Waals surface area contributed by atoms with Gasteiger partial charge in [-0.15, -0.1) is 0 Å². The van der Waals surface area contributed by atoms with Crippen LogP contribution in [-0.2, 0) is 6.54 Å². The minimum absolute atomic E-state index is 0.216. The van der Waals surface area contributed by atoms with E-state index < -0.39 is 0 Å². The quantitative estimate of drug-likeness (QED) is 0.724. The van der Waals surface area contributed by atoms with Gasteiger partial charge in [-0.05, 0) is 32.1 Å². The molecule has 7 nitrogen and oxygen atoms in total. The van der Waals surface area contributed by atoms with Gasteiger partial charge < -0.3 is 20.7 Å². The Morgan fingerprint density at radius 3 is 2.91 bits per heavy atom. The van der Waals surface area contributed by atoms with Crippen LogP contribution in [0.4, 0.5) is 11.8 Å². The van der Waals surface area contributed by atoms with E-state index in [1.54, 1.807) is 0 Å². The first kappa shape index (κ1) is 14.4. The highest BCUT2D eigenvalue weighted by molar-refractivity contribution is 5.84. The number of nitrogen functional groups attached to an aromatic ring is 1. The van der Waals surface area contributed by atoms with Gasteiger partial charge in [-0.2, -0.15) is 9.97 Å². The second kappa shape index (κ2) is 5.49. The zero-order valence-corrected chi connectivity index (χ0v) is 13.2. The summed E-state index contributed by atoms with van der Waals surface area (Å²) >= 11 is 0. The number of hydrogen-bond acceptors (Lipinski definition) is 6. The minimum Gasteiger partial charge on any atom is -0.396 e. The molecular weight excluding hydrogens is 292 g/mol. The summed E-state index contributed by atoms with van der Waals surface area (Å²) in [5.41, 5.74) is 8.70. The molecule has 7 heteroatoms. The molecule has 0 aliphatic heterocycles. The first-order valence-corrected chi connectivity index (χ1v) is 8.18. The zero-order valence-electron chi connectivity index (χ0n) is 13.2. The van der Waals surface area contributed by atoms with Gasteiger partial charge in [0.25, 0.3) is 0 Å². The molecule has 2 aromatic rings. The summed E-state index contributed by atoms with van der Waals surface area (Å²) in [5.74, 6) is 1.68. The monoisotopic (exact) mass is 314 g/mol. The van der Waals surface area contributed by atoms with Crippen molar-refractivity contribution in [3.8, 4) is 0 Å². The van der Waals surface area contributed by atoms with Crippen molar-refractivity contribution < 1.29 is 5.11 Å². The van der Waals surface area contributed by atoms with Gasteiger partial charge in [0.2, 0.25) is 5.95 Å². The molecule has 2 aliphatic carbocycles. The highest BCUT2D eigenvalue weighted by Gasteiger charge is 2.26. The molecule has 0 unspecified atom stereocenters. The van der Waals surface area contributed by atoms with Crippen LogP contribution < -0.4 is 11.1 Å². The molecule has 122 valence electrons. The van der Waals surface area contributed by atoms with Crippen molar-refractivity contribution in [1.82, 2.24) is 19.5 Å². The number of aromatic nitrogens is 4. The number of rotatable bonds is 5. The van der Waals surface area contributed by atoms with Crippen LogP contribution >= 0.6 is 0 Å². The fraction of sp³-hybridized carbons (Fsp3) is 0.562. The summed E-state index contributed by atoms with van der Waals surface area (Å²) in [4.78, 5) is 13.2. The molecule has 4 N–H and O–H groups in total. The van der Waals surface area contributed by atoms with Crippen molar-refractivity contribution in [3.05, 3.63) is 18.0 Å². The number of nitrogens with two attached hydrogens (primary N) is 1. The molecule has 0 aromatic carbocycles. The van der Waals surface area contributed by atoms with Gasteiger partial charge in [0, 0.05) is 25.1 Å². The Morgan fingerprint density at radius 2 is 2.22 bits per heavy atom. The zero-order chi connectivity index (χ0) is 16.0. The summed E-state index contributed by atoms with van der Waals surface area (Å²) < 4.78 is 2.04. The van der Waals surface area contributed by atoms with Crippen molar-refractivity contribution >= 4 is 22.9 Å². The normalized spacial score (nSPS) is 24.2. The van der Waals surface area contributed by atoms with Crippen LogP contribution in [0.2, 0.25) is 0 Å². The summed E-state index contributed by atoms with van der Waals surface area (Å²) in [6.45, 7) is 3.10. The molecule has 2 atom stereocenters. The van der Waals surface area contributed by atoms with Crippen LogP contribution in [-0.4, -0.2) is 37.3 Å². The number of hydrogen-bond donors (Lipinski definition) is 3. The molecule has 2 aromatic heterocycles. The predicted molar refractivity (Wildman–Crippen MR) is 88.8 cm³/mol. The second-order valence-electron chi connectivity index (χ2n) is 6.70. The molecule has 2 heterocycles. The van der Waals surface area contributed by atoms with E-state index >= 15 is 0 Å². The van der Waals surface area contributed by atoms with E-state index in [2.05, 4.69) is 33.3 Å². The number of aliphatic hydroxyl groups excluding tert-OH is 1. The minimum atomic E-state index is 0.216. The summed E-state index contributed by atoms with van der Waals surface area (Å²) in [6.07, 6.45) is 7.37. The van der Waals surface area contributed by atoms with Gasteiger partial charge in [-0.3, -0.25) is 0 Å². The Balaban J connectivity index is 1.62. The van der Waals surface area contributed by atoms with Crippen LogP contribution in [0.1, 0.15) is 26.2 Å². The fourth-order valence-corrected chi connectivity index (χ4v) is 3.34. The molecule has 0 amide bonds. The van der Waals surface area contributed by atoms with Gasteiger partial charge in [0.15, 0.2) is 17.0 Å². The lowest BCUT2D eigenvalue weighted by Gasteiger charge is -2.12. The lowest BCUT2D eigenvalue weighted by molar-refractivity contribution is 0.236. The van der Waals surface area contributed by atoms with Gasteiger partial charge in [-0.1, -0.05) is 11.6 Å². The Morgan fingerprint density at radius 1 is 1.39 bits per heavy atom. The SMILES string of the molecule is CC1=C[C@H](Cn2cnc3c(NC4CC4)nc(N)nc32)C[C@@H]1CO. The first-order valence-electron chi connectivity index (χ1n) is 8.18. The standard InChI is InChI=1S/C16H22N6O/c1-9-4-10(5-11(9)7-23)6-22-8-18-13-14(19-12-2-3-12)20-16(17)21-15(13)22/h4,8,10-12,23H,2-3,5-7H2,1H3,(H3,17,19,20,21)/t10-,11+/m0/s1. The fourth-order valence-electron chi connectivity index (χ4n) is 3.34. The predicted octanol–water partition coefficient (Wildman–Crippen LogP) is 1.56. The van der Waals surface area contributed by atoms with Crippen molar-refractivity contribution in [2.24, 2.45) is 11.8 Å². The maximum atomic E-state index is 9.41. The molecule has 0 bridgehead atoms. The van der Waals surface area contributed by atoms with Crippen LogP contribution in [0.3, 0.4) is 0 Å². The van der Waals surface area contributed by atoms with Gasteiger partial charge in [-0.25, -0.2) is 4.98 Å². The summed E-state index contributed by atoms with van der Waals surface area (Å²) in [5, 5.41) is 12.8. The molecule has 0 spiro atoms. The van der Waals surface area contributed by atoms with E-state index in [4.69, 9.17) is 5.73 Å². The number of nitrogens with one attached hydrogen (secondary N) is 1. The van der Waals surface area contributed by atoms with E-state index in [1.807, 2.05) is 10.9 Å². The smallest absolute Gasteiger partial charge is 0.224 e. The van der Waals surface area contributed by atoms with E-state index in [0.29, 0.717) is 12.0 Å². The van der Waals surface area contributed by atoms with E-state index in [1.165, 1.54) is 18.4 Å². The molecule has 1 fully saturated rings. The van der Waals surface area contributed by atoms with E-state index in [9.17, 15) is 5.11 Å². The molecule has 2 aliphatic rings. The average molecular weight is 314 g/mol. The third-order valence-electron chi connectivity index (χ3n) is 4.78. The number of nitrogens with zero attached hydrogens (tertiary/aromatic N) is 4. The molecule has 0 saturated heterocycles. The number of fused-ring (bicyclic) bond motifs is 1. The number of imidazole rings is 1. The highest BCUT2D eigenvalue weighted by atomic mass is 16.3. The molecular formula is C16H22N6O. The van der Waals surface area contributed by atoms with E-state index in [-0.39, 0.29) is 18.5 Å². The Kier molecular flexibility index (Phi) is 3.45. The van der Waals surface area contributed by atoms with Crippen molar-refractivity contribution in [2.45, 2.75) is 38.8 Å². The first-order chi connectivity index (χ1) is 11.1. The second-order valence-corrected chi connectivity index (χ2v) is 6.70. The maximum absolute atomic E-state index is 9.41. The Bertz CT molecular complexity index is 763. The lowest BCUT2D eigenvalue weighted by atomic mass is 10.0. The Labute approximate surface area is 134 Å². The number of anilines is 2. The van der Waals surface area contributed by atoms with Crippen molar-refractivity contribution in [1.29, 1.82) is 0 Å². The summed E-state index contributed by atoms with van der Waals surface area (Å²) in [7, 11) is 0. The van der Waals surface area contributed by atoms with Crippen molar-refractivity contribution in [2.75, 3.05) is 17.7 Å². The third kappa shape index (κ3) is 2.76. The Hall–Kier alpha value is -2.15. The molecule has 4 rings (SSSR count). The molecule has 1 saturated carbocycles. The van der Waals surface area contributed by atoms with Crippen LogP contribution in [0, 0.1) is 11.8 Å². The molecule has 0 radical (unpaired) electrons. The van der Waals surface area contributed by atoms with Crippen LogP contribution in [0.5, 0.6) is 0 Å². The van der Waals surface area contributed by atoms with Gasteiger partial charge in [0.05, 0.1) is 6.33 Å². The number of aliphatic hydroxyl groups is 1. The van der Waals surface area contributed by atoms with Crippen LogP contribution in [0.25, 0.3) is 11.2 Å². The largest absolute Gasteiger partial charge is 0.396 e. The summed E-state index contributed by atoms with van der Waals surface area (Å²) in [6, 6.07) is 0.489. The maximum Gasteiger partial charge on any atom is 0.224 e. The van der Waals surface area contributed by atoms with Gasteiger partial charge in [0.1, 0.15) is 0 Å². The number of allylic oxidation sites excluding steroid dienone is 1. The van der Waals surface area contributed by atoms with Gasteiger partial charge >= 0.3 is 0 Å². The van der Waals surface area contributed by atoms with Crippen LogP contribution in [0.15, 0.2) is 18.0 Å². The third-order valence-corrected chi connectivity index (χ3v) is 4.78. The van der Waals surface area contributed by atoms with E-state index in [0.717, 1.165) is 29.9 Å². The lowest BCUT2D eigenvalue weighted by Crippen LogP contribution is -2.11.